The van der Waals surface area contributed by atoms with E-state index in [0.29, 0.717) is 22.3 Å². The summed E-state index contributed by atoms with van der Waals surface area (Å²) in [4.78, 5) is 13.7. The number of ether oxygens (including phenoxy) is 1. The van der Waals surface area contributed by atoms with Gasteiger partial charge in [0.25, 0.3) is 5.91 Å². The van der Waals surface area contributed by atoms with Gasteiger partial charge in [0.15, 0.2) is 6.61 Å². The van der Waals surface area contributed by atoms with E-state index in [2.05, 4.69) is 0 Å². The first kappa shape index (κ1) is 16.7. The summed E-state index contributed by atoms with van der Waals surface area (Å²) in [6.45, 7) is 0.602. The van der Waals surface area contributed by atoms with Gasteiger partial charge in [0, 0.05) is 23.6 Å². The topological polar surface area (TPSA) is 29.5 Å². The molecular formula is C17H17Cl2NO2. The molecule has 0 fully saturated rings. The normalized spacial score (nSPS) is 10.3. The molecule has 0 radical (unpaired) electrons. The van der Waals surface area contributed by atoms with Crippen molar-refractivity contribution >= 4 is 29.1 Å². The van der Waals surface area contributed by atoms with Gasteiger partial charge in [0.05, 0.1) is 0 Å². The fourth-order valence-electron chi connectivity index (χ4n) is 1.93. The number of hydrogen-bond donors (Lipinski definition) is 0. The quantitative estimate of drug-likeness (QED) is 0.795. The zero-order valence-corrected chi connectivity index (χ0v) is 13.8. The highest BCUT2D eigenvalue weighted by Crippen LogP contribution is 2.24. The standard InChI is InChI=1S/C17H17Cl2NO2/c1-20(8-7-13-5-3-2-4-6-13)17(21)12-22-16-10-14(18)9-15(19)11-16/h2-6,9-11H,7-8,12H2,1H3. The van der Waals surface area contributed by atoms with Gasteiger partial charge in [0.1, 0.15) is 5.75 Å². The van der Waals surface area contributed by atoms with E-state index in [1.54, 1.807) is 30.1 Å². The molecule has 116 valence electrons. The number of amides is 1. The van der Waals surface area contributed by atoms with Crippen LogP contribution >= 0.6 is 23.2 Å². The summed E-state index contributed by atoms with van der Waals surface area (Å²) in [7, 11) is 1.76. The molecular weight excluding hydrogens is 321 g/mol. The lowest BCUT2D eigenvalue weighted by atomic mass is 10.1. The van der Waals surface area contributed by atoms with Gasteiger partial charge in [-0.3, -0.25) is 4.79 Å². The van der Waals surface area contributed by atoms with Gasteiger partial charge in [-0.2, -0.15) is 0 Å². The minimum atomic E-state index is -0.0907. The van der Waals surface area contributed by atoms with E-state index in [1.807, 2.05) is 30.3 Å². The number of carbonyl (C=O) groups is 1. The Morgan fingerprint density at radius 3 is 2.36 bits per heavy atom. The van der Waals surface area contributed by atoms with E-state index in [9.17, 15) is 4.79 Å². The molecule has 0 N–H and O–H groups in total. The number of halogens is 2. The van der Waals surface area contributed by atoms with Crippen LogP contribution in [0, 0.1) is 0 Å². The van der Waals surface area contributed by atoms with Gasteiger partial charge in [-0.15, -0.1) is 0 Å². The number of carbonyl (C=O) groups excluding carboxylic acids is 1. The predicted molar refractivity (Wildman–Crippen MR) is 89.7 cm³/mol. The molecule has 2 rings (SSSR count). The van der Waals surface area contributed by atoms with Crippen molar-refractivity contribution in [3.05, 3.63) is 64.1 Å². The van der Waals surface area contributed by atoms with Gasteiger partial charge in [-0.25, -0.2) is 0 Å². The monoisotopic (exact) mass is 337 g/mol. The summed E-state index contributed by atoms with van der Waals surface area (Å²) >= 11 is 11.8. The summed E-state index contributed by atoms with van der Waals surface area (Å²) in [5.74, 6) is 0.398. The first-order valence-electron chi connectivity index (χ1n) is 6.91. The lowest BCUT2D eigenvalue weighted by Gasteiger charge is -2.17. The summed E-state index contributed by atoms with van der Waals surface area (Å²) in [6, 6.07) is 14.9. The fourth-order valence-corrected chi connectivity index (χ4v) is 2.44. The summed E-state index contributed by atoms with van der Waals surface area (Å²) in [5.41, 5.74) is 1.20. The third-order valence-electron chi connectivity index (χ3n) is 3.20. The van der Waals surface area contributed by atoms with Crippen molar-refractivity contribution in [2.24, 2.45) is 0 Å². The molecule has 0 bridgehead atoms. The highest BCUT2D eigenvalue weighted by atomic mass is 35.5. The summed E-state index contributed by atoms with van der Waals surface area (Å²) in [6.07, 6.45) is 0.812. The van der Waals surface area contributed by atoms with Gasteiger partial charge in [-0.1, -0.05) is 53.5 Å². The Morgan fingerprint density at radius 2 is 1.73 bits per heavy atom. The number of likely N-dealkylation sites (N-methyl/N-ethyl adjacent to an activating group) is 1. The Kier molecular flexibility index (Phi) is 6.10. The molecule has 0 saturated heterocycles. The maximum Gasteiger partial charge on any atom is 0.260 e. The van der Waals surface area contributed by atoms with E-state index in [0.717, 1.165) is 6.42 Å². The van der Waals surface area contributed by atoms with Crippen LogP contribution in [-0.4, -0.2) is 31.0 Å². The van der Waals surface area contributed by atoms with Crippen LogP contribution in [0.4, 0.5) is 0 Å². The lowest BCUT2D eigenvalue weighted by molar-refractivity contribution is -0.132. The Bertz CT molecular complexity index is 612. The molecule has 0 aliphatic heterocycles. The van der Waals surface area contributed by atoms with Crippen LogP contribution in [0.15, 0.2) is 48.5 Å². The molecule has 3 nitrogen and oxygen atoms in total. The molecule has 22 heavy (non-hydrogen) atoms. The molecule has 0 heterocycles. The third kappa shape index (κ3) is 5.24. The van der Waals surface area contributed by atoms with Crippen LogP contribution in [0.2, 0.25) is 10.0 Å². The van der Waals surface area contributed by atoms with Crippen molar-refractivity contribution in [1.29, 1.82) is 0 Å². The highest BCUT2D eigenvalue weighted by Gasteiger charge is 2.10. The van der Waals surface area contributed by atoms with Gasteiger partial charge < -0.3 is 9.64 Å². The van der Waals surface area contributed by atoms with Gasteiger partial charge in [0.2, 0.25) is 0 Å². The molecule has 0 spiro atoms. The van der Waals surface area contributed by atoms with Crippen molar-refractivity contribution in [3.8, 4) is 5.75 Å². The van der Waals surface area contributed by atoms with E-state index < -0.39 is 0 Å². The Hall–Kier alpha value is -1.71. The molecule has 0 aliphatic carbocycles. The van der Waals surface area contributed by atoms with E-state index in [1.165, 1.54) is 5.56 Å². The van der Waals surface area contributed by atoms with Crippen LogP contribution in [0.25, 0.3) is 0 Å². The van der Waals surface area contributed by atoms with Crippen molar-refractivity contribution in [2.45, 2.75) is 6.42 Å². The van der Waals surface area contributed by atoms with E-state index in [-0.39, 0.29) is 12.5 Å². The van der Waals surface area contributed by atoms with Crippen molar-refractivity contribution in [3.63, 3.8) is 0 Å². The average molecular weight is 338 g/mol. The first-order valence-corrected chi connectivity index (χ1v) is 7.67. The molecule has 0 saturated carbocycles. The largest absolute Gasteiger partial charge is 0.484 e. The second-order valence-corrected chi connectivity index (χ2v) is 5.82. The van der Waals surface area contributed by atoms with Gasteiger partial charge >= 0.3 is 0 Å². The maximum absolute atomic E-state index is 12.0. The van der Waals surface area contributed by atoms with E-state index in [4.69, 9.17) is 27.9 Å². The second kappa shape index (κ2) is 8.06. The zero-order valence-electron chi connectivity index (χ0n) is 12.3. The lowest BCUT2D eigenvalue weighted by Crippen LogP contribution is -2.33. The maximum atomic E-state index is 12.0. The Labute approximate surface area is 140 Å². The molecule has 2 aromatic rings. The van der Waals surface area contributed by atoms with Crippen LogP contribution in [0.5, 0.6) is 5.75 Å². The molecule has 0 atom stereocenters. The molecule has 2 aromatic carbocycles. The SMILES string of the molecule is CN(CCc1ccccc1)C(=O)COc1cc(Cl)cc(Cl)c1. The number of benzene rings is 2. The second-order valence-electron chi connectivity index (χ2n) is 4.94. The summed E-state index contributed by atoms with van der Waals surface area (Å²) in [5, 5.41) is 0.958. The Morgan fingerprint density at radius 1 is 1.09 bits per heavy atom. The molecule has 0 unspecified atom stereocenters. The minimum Gasteiger partial charge on any atom is -0.484 e. The van der Waals surface area contributed by atoms with Crippen LogP contribution in [-0.2, 0) is 11.2 Å². The molecule has 5 heteroatoms. The number of nitrogens with zero attached hydrogens (tertiary/aromatic N) is 1. The predicted octanol–water partition coefficient (Wildman–Crippen LogP) is 4.07. The fraction of sp³-hybridized carbons (Fsp3) is 0.235. The first-order chi connectivity index (χ1) is 10.5. The smallest absolute Gasteiger partial charge is 0.260 e. The van der Waals surface area contributed by atoms with Crippen molar-refractivity contribution in [2.75, 3.05) is 20.2 Å². The third-order valence-corrected chi connectivity index (χ3v) is 3.64. The molecule has 0 aliphatic rings. The van der Waals surface area contributed by atoms with Crippen LogP contribution in [0.3, 0.4) is 0 Å². The van der Waals surface area contributed by atoms with E-state index >= 15 is 0 Å². The molecule has 1 amide bonds. The Balaban J connectivity index is 1.81. The highest BCUT2D eigenvalue weighted by molar-refractivity contribution is 6.34. The number of rotatable bonds is 6. The average Bonchev–Trinajstić information content (AvgIpc) is 2.50. The zero-order chi connectivity index (χ0) is 15.9. The minimum absolute atomic E-state index is 0.0397. The van der Waals surface area contributed by atoms with Crippen molar-refractivity contribution in [1.82, 2.24) is 4.90 Å². The van der Waals surface area contributed by atoms with Crippen LogP contribution in [0.1, 0.15) is 5.56 Å². The van der Waals surface area contributed by atoms with Crippen molar-refractivity contribution < 1.29 is 9.53 Å². The number of hydrogen-bond acceptors (Lipinski definition) is 2. The summed E-state index contributed by atoms with van der Waals surface area (Å²) < 4.78 is 5.44. The molecule has 0 aromatic heterocycles. The van der Waals surface area contributed by atoms with Gasteiger partial charge in [-0.05, 0) is 30.2 Å². The van der Waals surface area contributed by atoms with Crippen LogP contribution < -0.4 is 4.74 Å².